The van der Waals surface area contributed by atoms with Gasteiger partial charge in [-0.05, 0) is 35.6 Å². The van der Waals surface area contributed by atoms with Gasteiger partial charge in [0, 0.05) is 29.9 Å². The minimum Gasteiger partial charge on any atom is -0.867 e. The van der Waals surface area contributed by atoms with Crippen molar-refractivity contribution in [3.8, 4) is 5.75 Å². The monoisotopic (exact) mass is 332 g/mol. The lowest BCUT2D eigenvalue weighted by atomic mass is 10.2. The second kappa shape index (κ2) is 6.89. The molecule has 0 heterocycles. The zero-order chi connectivity index (χ0) is 17.0. The highest BCUT2D eigenvalue weighted by Crippen LogP contribution is 2.30. The summed E-state index contributed by atoms with van der Waals surface area (Å²) >= 11 is 5.78. The van der Waals surface area contributed by atoms with E-state index in [2.05, 4.69) is 10.3 Å². The maximum absolute atomic E-state index is 11.9. The van der Waals surface area contributed by atoms with Gasteiger partial charge >= 0.3 is 0 Å². The van der Waals surface area contributed by atoms with Crippen molar-refractivity contribution in [2.75, 3.05) is 5.32 Å². The van der Waals surface area contributed by atoms with Crippen LogP contribution in [0.3, 0.4) is 0 Å². The van der Waals surface area contributed by atoms with Crippen LogP contribution in [0.15, 0.2) is 41.4 Å². The number of nitrogens with one attached hydrogen (secondary N) is 1. The van der Waals surface area contributed by atoms with E-state index in [0.29, 0.717) is 11.4 Å². The first-order valence-electron chi connectivity index (χ1n) is 6.43. The summed E-state index contributed by atoms with van der Waals surface area (Å²) in [6, 6.07) is 8.92. The fraction of sp³-hybridized carbons (Fsp3) is 0.0667. The Morgan fingerprint density at radius 1 is 1.35 bits per heavy atom. The fourth-order valence-electron chi connectivity index (χ4n) is 1.84. The van der Waals surface area contributed by atoms with Crippen molar-refractivity contribution >= 4 is 40.8 Å². The van der Waals surface area contributed by atoms with E-state index in [1.165, 1.54) is 19.2 Å². The second-order valence-electron chi connectivity index (χ2n) is 4.59. The highest BCUT2D eigenvalue weighted by atomic mass is 35.5. The van der Waals surface area contributed by atoms with Gasteiger partial charge in [0.1, 0.15) is 0 Å². The Morgan fingerprint density at radius 2 is 2.09 bits per heavy atom. The molecule has 0 spiro atoms. The van der Waals surface area contributed by atoms with Crippen LogP contribution in [-0.4, -0.2) is 17.0 Å². The number of carbonyl (C=O) groups excluding carboxylic acids is 1. The number of rotatable bonds is 4. The molecule has 0 atom stereocenters. The van der Waals surface area contributed by atoms with Crippen molar-refractivity contribution in [1.82, 2.24) is 0 Å². The molecule has 118 valence electrons. The maximum atomic E-state index is 11.9. The van der Waals surface area contributed by atoms with Gasteiger partial charge in [-0.1, -0.05) is 17.7 Å². The molecule has 0 aromatic heterocycles. The summed E-state index contributed by atoms with van der Waals surface area (Å²) in [7, 11) is 0. The summed E-state index contributed by atoms with van der Waals surface area (Å²) in [6.07, 6.45) is 1.20. The van der Waals surface area contributed by atoms with E-state index >= 15 is 0 Å². The predicted molar refractivity (Wildman–Crippen MR) is 85.6 cm³/mol. The Labute approximate surface area is 136 Å². The molecule has 0 fully saturated rings. The lowest BCUT2D eigenvalue weighted by molar-refractivity contribution is -0.398. The van der Waals surface area contributed by atoms with Gasteiger partial charge < -0.3 is 10.4 Å². The van der Waals surface area contributed by atoms with Crippen molar-refractivity contribution in [2.24, 2.45) is 4.99 Å². The predicted octanol–water partition coefficient (Wildman–Crippen LogP) is 3.03. The van der Waals surface area contributed by atoms with Crippen molar-refractivity contribution < 1.29 is 14.8 Å². The van der Waals surface area contributed by atoms with Crippen molar-refractivity contribution in [1.29, 1.82) is 0 Å². The Bertz CT molecular complexity index is 805. The first-order valence-corrected chi connectivity index (χ1v) is 6.81. The van der Waals surface area contributed by atoms with Crippen LogP contribution < -0.4 is 10.4 Å². The van der Waals surface area contributed by atoms with Gasteiger partial charge in [-0.2, -0.15) is 0 Å². The lowest BCUT2D eigenvalue weighted by Crippen LogP contribution is -2.05. The molecule has 1 amide bonds. The molecule has 1 N–H and O–H groups in total. The van der Waals surface area contributed by atoms with Gasteiger partial charge in [0.05, 0.1) is 10.6 Å². The lowest BCUT2D eigenvalue weighted by Gasteiger charge is -2.10. The SMILES string of the molecule is CC(=O)Nc1cccc(N=Cc2cc(Cl)cc([N+](=O)[O-])c2[O-])c1. The van der Waals surface area contributed by atoms with Crippen LogP contribution >= 0.6 is 11.6 Å². The summed E-state index contributed by atoms with van der Waals surface area (Å²) < 4.78 is 0. The number of halogens is 1. The van der Waals surface area contributed by atoms with Crippen LogP contribution in [0.5, 0.6) is 5.75 Å². The molecule has 0 bridgehead atoms. The molecule has 0 aliphatic heterocycles. The van der Waals surface area contributed by atoms with Crippen LogP contribution in [0.2, 0.25) is 5.02 Å². The number of nitrogens with zero attached hydrogens (tertiary/aromatic N) is 2. The van der Waals surface area contributed by atoms with E-state index in [9.17, 15) is 20.0 Å². The topological polar surface area (TPSA) is 108 Å². The summed E-state index contributed by atoms with van der Waals surface area (Å²) in [5, 5.41) is 25.4. The van der Waals surface area contributed by atoms with Gasteiger partial charge in [-0.3, -0.25) is 19.9 Å². The highest BCUT2D eigenvalue weighted by Gasteiger charge is 2.11. The van der Waals surface area contributed by atoms with E-state index in [4.69, 9.17) is 11.6 Å². The normalized spacial score (nSPS) is 10.7. The molecule has 0 saturated heterocycles. The van der Waals surface area contributed by atoms with Crippen LogP contribution in [0, 0.1) is 10.1 Å². The third-order valence-electron chi connectivity index (χ3n) is 2.78. The number of nitro groups is 1. The maximum Gasteiger partial charge on any atom is 0.263 e. The Hall–Kier alpha value is -2.93. The zero-order valence-electron chi connectivity index (χ0n) is 11.9. The van der Waals surface area contributed by atoms with Crippen molar-refractivity contribution in [3.63, 3.8) is 0 Å². The summed E-state index contributed by atoms with van der Waals surface area (Å²) in [6.45, 7) is 1.38. The minimum atomic E-state index is -0.789. The number of carbonyl (C=O) groups is 1. The average molecular weight is 333 g/mol. The van der Waals surface area contributed by atoms with Gasteiger partial charge in [-0.15, -0.1) is 0 Å². The van der Waals surface area contributed by atoms with Crippen LogP contribution in [0.1, 0.15) is 12.5 Å². The minimum absolute atomic E-state index is 0.00845. The number of anilines is 1. The van der Waals surface area contributed by atoms with E-state index in [-0.39, 0.29) is 16.5 Å². The van der Waals surface area contributed by atoms with E-state index in [1.54, 1.807) is 24.3 Å². The first kappa shape index (κ1) is 16.4. The molecular weight excluding hydrogens is 322 g/mol. The molecular formula is C15H11ClN3O4-. The summed E-state index contributed by atoms with van der Waals surface area (Å²) in [5.74, 6) is -0.986. The third-order valence-corrected chi connectivity index (χ3v) is 3.00. The second-order valence-corrected chi connectivity index (χ2v) is 5.03. The molecule has 7 nitrogen and oxygen atoms in total. The number of aliphatic imine (C=N–C) groups is 1. The van der Waals surface area contributed by atoms with Crippen molar-refractivity contribution in [2.45, 2.75) is 6.92 Å². The molecule has 0 aliphatic carbocycles. The number of hydrogen-bond donors (Lipinski definition) is 1. The van der Waals surface area contributed by atoms with Gasteiger partial charge in [0.25, 0.3) is 5.69 Å². The van der Waals surface area contributed by atoms with Crippen LogP contribution in [0.25, 0.3) is 0 Å². The van der Waals surface area contributed by atoms with Gasteiger partial charge in [0.15, 0.2) is 0 Å². The molecule has 0 saturated carbocycles. The number of amides is 1. The van der Waals surface area contributed by atoms with Gasteiger partial charge in [0.2, 0.25) is 5.91 Å². The number of benzene rings is 2. The number of nitro benzene ring substituents is 1. The first-order chi connectivity index (χ1) is 10.9. The molecule has 0 radical (unpaired) electrons. The van der Waals surface area contributed by atoms with E-state index in [1.807, 2.05) is 0 Å². The molecule has 0 aliphatic rings. The Kier molecular flexibility index (Phi) is 4.92. The van der Waals surface area contributed by atoms with Crippen molar-refractivity contribution in [3.05, 3.63) is 57.1 Å². The van der Waals surface area contributed by atoms with Gasteiger partial charge in [-0.25, -0.2) is 0 Å². The summed E-state index contributed by atoms with van der Waals surface area (Å²) in [5.41, 5.74) is 0.421. The van der Waals surface area contributed by atoms with E-state index < -0.39 is 16.4 Å². The van der Waals surface area contributed by atoms with Crippen LogP contribution in [0.4, 0.5) is 17.1 Å². The molecule has 2 aromatic carbocycles. The Morgan fingerprint density at radius 3 is 2.74 bits per heavy atom. The smallest absolute Gasteiger partial charge is 0.263 e. The van der Waals surface area contributed by atoms with E-state index in [0.717, 1.165) is 6.07 Å². The number of hydrogen-bond acceptors (Lipinski definition) is 5. The molecule has 2 rings (SSSR count). The third kappa shape index (κ3) is 4.27. The molecule has 2 aromatic rings. The van der Waals surface area contributed by atoms with Crippen LogP contribution in [-0.2, 0) is 4.79 Å². The highest BCUT2D eigenvalue weighted by molar-refractivity contribution is 6.31. The largest absolute Gasteiger partial charge is 0.867 e. The summed E-state index contributed by atoms with van der Waals surface area (Å²) in [4.78, 5) is 25.1. The Balaban J connectivity index is 2.34. The molecule has 8 heteroatoms. The molecule has 0 unspecified atom stereocenters. The average Bonchev–Trinajstić information content (AvgIpc) is 2.47. The zero-order valence-corrected chi connectivity index (χ0v) is 12.7. The standard InChI is InChI=1S/C15H12ClN3O4/c1-9(20)18-13-4-2-3-12(7-13)17-8-10-5-11(16)6-14(15(10)21)19(22)23/h2-8,21H,1H3,(H,18,20)/p-1. The fourth-order valence-corrected chi connectivity index (χ4v) is 2.06. The quantitative estimate of drug-likeness (QED) is 0.527. The molecule has 23 heavy (non-hydrogen) atoms.